The van der Waals surface area contributed by atoms with Gasteiger partial charge in [-0.3, -0.25) is 4.79 Å². The van der Waals surface area contributed by atoms with Gasteiger partial charge in [-0.15, -0.1) is 11.3 Å². The Labute approximate surface area is 106 Å². The third-order valence-electron chi connectivity index (χ3n) is 3.14. The minimum Gasteiger partial charge on any atom is -0.397 e. The van der Waals surface area contributed by atoms with E-state index in [2.05, 4.69) is 16.8 Å². The Morgan fingerprint density at radius 3 is 2.65 bits per heavy atom. The van der Waals surface area contributed by atoms with Crippen LogP contribution < -0.4 is 10.6 Å². The number of ketones is 1. The highest BCUT2D eigenvalue weighted by atomic mass is 32.1. The Hall–Kier alpha value is -1.07. The molecule has 1 aliphatic heterocycles. The molecule has 0 saturated carbocycles. The summed E-state index contributed by atoms with van der Waals surface area (Å²) in [5.74, 6) is 0.146. The van der Waals surface area contributed by atoms with Gasteiger partial charge >= 0.3 is 0 Å². The van der Waals surface area contributed by atoms with Crippen LogP contribution in [0.5, 0.6) is 0 Å². The van der Waals surface area contributed by atoms with Crippen LogP contribution in [0.1, 0.15) is 23.0 Å². The number of nitrogen functional groups attached to an aromatic ring is 1. The Morgan fingerprint density at radius 1 is 1.41 bits per heavy atom. The van der Waals surface area contributed by atoms with Crippen molar-refractivity contribution in [1.82, 2.24) is 4.90 Å². The molecule has 4 nitrogen and oxygen atoms in total. The lowest BCUT2D eigenvalue weighted by Gasteiger charge is -2.32. The van der Waals surface area contributed by atoms with E-state index in [1.54, 1.807) is 0 Å². The first-order valence-corrected chi connectivity index (χ1v) is 6.79. The van der Waals surface area contributed by atoms with Crippen LogP contribution in [0, 0.1) is 0 Å². The maximum Gasteiger partial charge on any atom is 0.174 e. The van der Waals surface area contributed by atoms with Gasteiger partial charge in [-0.05, 0) is 13.1 Å². The van der Waals surface area contributed by atoms with Crippen LogP contribution in [0.3, 0.4) is 0 Å². The molecule has 0 atom stereocenters. The van der Waals surface area contributed by atoms with Crippen LogP contribution in [-0.2, 0) is 0 Å². The first-order valence-electron chi connectivity index (χ1n) is 5.97. The molecule has 0 bridgehead atoms. The van der Waals surface area contributed by atoms with Crippen molar-refractivity contribution >= 4 is 27.8 Å². The maximum atomic E-state index is 11.7. The molecule has 5 heteroatoms. The zero-order chi connectivity index (χ0) is 12.4. The second-order valence-corrected chi connectivity index (χ2v) is 5.47. The van der Waals surface area contributed by atoms with Gasteiger partial charge in [0.2, 0.25) is 0 Å². The van der Waals surface area contributed by atoms with Gasteiger partial charge in [0.1, 0.15) is 0 Å². The molecule has 2 N–H and O–H groups in total. The Balaban J connectivity index is 2.14. The fraction of sp³-hybridized carbons (Fsp3) is 0.583. The summed E-state index contributed by atoms with van der Waals surface area (Å²) in [6.45, 7) is 6.02. The highest BCUT2D eigenvalue weighted by Crippen LogP contribution is 2.33. The summed E-state index contributed by atoms with van der Waals surface area (Å²) < 4.78 is 0. The van der Waals surface area contributed by atoms with Crippen molar-refractivity contribution in [1.29, 1.82) is 0 Å². The van der Waals surface area contributed by atoms with Crippen molar-refractivity contribution in [2.24, 2.45) is 0 Å². The minimum absolute atomic E-state index is 0.146. The minimum atomic E-state index is 0.146. The molecule has 1 aliphatic rings. The van der Waals surface area contributed by atoms with Crippen molar-refractivity contribution in [2.75, 3.05) is 43.9 Å². The van der Waals surface area contributed by atoms with E-state index < -0.39 is 0 Å². The molecule has 2 rings (SSSR count). The quantitative estimate of drug-likeness (QED) is 0.833. The van der Waals surface area contributed by atoms with Crippen LogP contribution in [0.4, 0.5) is 10.7 Å². The third kappa shape index (κ3) is 2.61. The second kappa shape index (κ2) is 5.06. The molecule has 1 aromatic rings. The topological polar surface area (TPSA) is 49.6 Å². The van der Waals surface area contributed by atoms with E-state index in [-0.39, 0.29) is 5.78 Å². The van der Waals surface area contributed by atoms with E-state index in [0.717, 1.165) is 36.1 Å². The molecule has 0 spiro atoms. The highest BCUT2D eigenvalue weighted by Gasteiger charge is 2.19. The van der Waals surface area contributed by atoms with Gasteiger partial charge in [-0.2, -0.15) is 0 Å². The van der Waals surface area contributed by atoms with Crippen LogP contribution in [0.2, 0.25) is 0 Å². The van der Waals surface area contributed by atoms with Gasteiger partial charge in [0, 0.05) is 32.6 Å². The molecular formula is C12H19N3OS. The number of thiophene rings is 1. The van der Waals surface area contributed by atoms with Crippen molar-refractivity contribution in [3.63, 3.8) is 0 Å². The average Bonchev–Trinajstić information content (AvgIpc) is 2.71. The molecule has 0 aromatic carbocycles. The summed E-state index contributed by atoms with van der Waals surface area (Å²) in [6, 6.07) is 1.94. The summed E-state index contributed by atoms with van der Waals surface area (Å²) in [6.07, 6.45) is 0.521. The largest absolute Gasteiger partial charge is 0.397 e. The predicted octanol–water partition coefficient (Wildman–Crippen LogP) is 1.67. The van der Waals surface area contributed by atoms with E-state index in [1.165, 1.54) is 11.3 Å². The van der Waals surface area contributed by atoms with Crippen LogP contribution in [0.25, 0.3) is 0 Å². The number of anilines is 2. The Kier molecular flexibility index (Phi) is 3.69. The fourth-order valence-electron chi connectivity index (χ4n) is 1.95. The number of likely N-dealkylation sites (N-methyl/N-ethyl adjacent to an activating group) is 1. The van der Waals surface area contributed by atoms with E-state index in [1.807, 2.05) is 13.0 Å². The fourth-order valence-corrected chi connectivity index (χ4v) is 3.09. The smallest absolute Gasteiger partial charge is 0.174 e. The van der Waals surface area contributed by atoms with E-state index >= 15 is 0 Å². The van der Waals surface area contributed by atoms with Crippen molar-refractivity contribution in [3.8, 4) is 0 Å². The second-order valence-electron chi connectivity index (χ2n) is 4.44. The summed E-state index contributed by atoms with van der Waals surface area (Å²) >= 11 is 1.53. The van der Waals surface area contributed by atoms with Crippen LogP contribution >= 0.6 is 11.3 Å². The Bertz CT molecular complexity index is 408. The predicted molar refractivity (Wildman–Crippen MR) is 73.1 cm³/mol. The van der Waals surface area contributed by atoms with E-state index in [9.17, 15) is 4.79 Å². The number of hydrogen-bond acceptors (Lipinski definition) is 5. The Morgan fingerprint density at radius 2 is 2.06 bits per heavy atom. The lowest BCUT2D eigenvalue weighted by Crippen LogP contribution is -2.44. The standard InChI is InChI=1S/C12H19N3OS/c1-3-10(16)12-9(13)8-11(17-12)15-6-4-14(2)5-7-15/h8H,3-7,13H2,1-2H3. The van der Waals surface area contributed by atoms with Crippen LogP contribution in [0.15, 0.2) is 6.07 Å². The molecule has 17 heavy (non-hydrogen) atoms. The number of carbonyl (C=O) groups is 1. The number of carbonyl (C=O) groups excluding carboxylic acids is 1. The third-order valence-corrected chi connectivity index (χ3v) is 4.39. The number of rotatable bonds is 3. The van der Waals surface area contributed by atoms with Gasteiger partial charge in [0.05, 0.1) is 15.6 Å². The van der Waals surface area contributed by atoms with Crippen molar-refractivity contribution in [2.45, 2.75) is 13.3 Å². The molecule has 1 aromatic heterocycles. The first kappa shape index (κ1) is 12.4. The number of nitrogens with two attached hydrogens (primary N) is 1. The summed E-state index contributed by atoms with van der Waals surface area (Å²) in [5, 5.41) is 1.13. The van der Waals surface area contributed by atoms with Crippen molar-refractivity contribution in [3.05, 3.63) is 10.9 Å². The molecule has 0 amide bonds. The molecular weight excluding hydrogens is 234 g/mol. The normalized spacial score (nSPS) is 17.4. The average molecular weight is 253 g/mol. The molecule has 1 fully saturated rings. The lowest BCUT2D eigenvalue weighted by molar-refractivity contribution is 0.0993. The zero-order valence-electron chi connectivity index (χ0n) is 10.4. The highest BCUT2D eigenvalue weighted by molar-refractivity contribution is 7.18. The monoisotopic (exact) mass is 253 g/mol. The molecule has 94 valence electrons. The van der Waals surface area contributed by atoms with Gasteiger partial charge in [-0.1, -0.05) is 6.92 Å². The summed E-state index contributed by atoms with van der Waals surface area (Å²) in [7, 11) is 2.13. The van der Waals surface area contributed by atoms with Gasteiger partial charge in [0.15, 0.2) is 5.78 Å². The van der Waals surface area contributed by atoms with E-state index in [4.69, 9.17) is 5.73 Å². The molecule has 1 saturated heterocycles. The number of Topliss-reactive ketones (excluding diaryl/α,β-unsaturated/α-hetero) is 1. The number of hydrogen-bond donors (Lipinski definition) is 1. The van der Waals surface area contributed by atoms with Gasteiger partial charge in [0.25, 0.3) is 0 Å². The molecule has 2 heterocycles. The zero-order valence-corrected chi connectivity index (χ0v) is 11.2. The van der Waals surface area contributed by atoms with Crippen molar-refractivity contribution < 1.29 is 4.79 Å². The molecule has 0 aliphatic carbocycles. The van der Waals surface area contributed by atoms with Gasteiger partial charge in [-0.25, -0.2) is 0 Å². The first-order chi connectivity index (χ1) is 8.11. The van der Waals surface area contributed by atoms with Crippen LogP contribution in [-0.4, -0.2) is 43.9 Å². The lowest BCUT2D eigenvalue weighted by atomic mass is 10.2. The SMILES string of the molecule is CCC(=O)c1sc(N2CCN(C)CC2)cc1N. The number of piperazine rings is 1. The summed E-state index contributed by atoms with van der Waals surface area (Å²) in [5.41, 5.74) is 6.54. The summed E-state index contributed by atoms with van der Waals surface area (Å²) in [4.78, 5) is 17.0. The molecule has 0 radical (unpaired) electrons. The molecule has 0 unspecified atom stereocenters. The maximum absolute atomic E-state index is 11.7. The van der Waals surface area contributed by atoms with Gasteiger partial charge < -0.3 is 15.5 Å². The van der Waals surface area contributed by atoms with E-state index in [0.29, 0.717) is 12.1 Å². The number of nitrogens with zero attached hydrogens (tertiary/aromatic N) is 2.